The molecule has 0 saturated carbocycles. The van der Waals surface area contributed by atoms with Gasteiger partial charge >= 0.3 is 5.97 Å². The molecule has 1 N–H and O–H groups in total. The minimum Gasteiger partial charge on any atom is -0.481 e. The molecule has 0 radical (unpaired) electrons. The van der Waals surface area contributed by atoms with Crippen molar-refractivity contribution < 1.29 is 18.7 Å². The average molecular weight is 253 g/mol. The summed E-state index contributed by atoms with van der Waals surface area (Å²) in [5, 5.41) is 15.9. The number of benzene rings is 1. The van der Waals surface area contributed by atoms with Gasteiger partial charge in [0.15, 0.2) is 11.6 Å². The average Bonchev–Trinajstić information content (AvgIpc) is 2.64. The number of aliphatic carboxylic acids is 1. The van der Waals surface area contributed by atoms with Crippen LogP contribution in [0, 0.1) is 18.6 Å². The molecule has 94 valence electrons. The maximum absolute atomic E-state index is 13.6. The molecule has 0 aliphatic rings. The fourth-order valence-electron chi connectivity index (χ4n) is 1.55. The van der Waals surface area contributed by atoms with Crippen LogP contribution in [0.5, 0.6) is 0 Å². The van der Waals surface area contributed by atoms with Crippen LogP contribution in [0.15, 0.2) is 18.2 Å². The molecule has 5 nitrogen and oxygen atoms in total. The molecule has 0 aliphatic carbocycles. The van der Waals surface area contributed by atoms with Gasteiger partial charge in [-0.25, -0.2) is 13.5 Å². The molecular formula is C11H9F2N3O2. The molecule has 0 amide bonds. The molecule has 1 aromatic heterocycles. The van der Waals surface area contributed by atoms with Crippen LogP contribution in [0.25, 0.3) is 5.69 Å². The van der Waals surface area contributed by atoms with Crippen molar-refractivity contribution in [1.82, 2.24) is 15.0 Å². The number of hydrogen-bond donors (Lipinski definition) is 1. The van der Waals surface area contributed by atoms with E-state index in [1.807, 2.05) is 0 Å². The molecule has 0 fully saturated rings. The molecule has 1 aromatic carbocycles. The van der Waals surface area contributed by atoms with Gasteiger partial charge in [-0.2, -0.15) is 0 Å². The van der Waals surface area contributed by atoms with Crippen molar-refractivity contribution in [1.29, 1.82) is 0 Å². The number of aromatic nitrogens is 3. The largest absolute Gasteiger partial charge is 0.481 e. The van der Waals surface area contributed by atoms with Gasteiger partial charge in [0.2, 0.25) is 0 Å². The first-order chi connectivity index (χ1) is 8.50. The lowest BCUT2D eigenvalue weighted by molar-refractivity contribution is -0.136. The van der Waals surface area contributed by atoms with Gasteiger partial charge in [0.05, 0.1) is 17.8 Å². The molecule has 18 heavy (non-hydrogen) atoms. The highest BCUT2D eigenvalue weighted by atomic mass is 19.2. The third-order valence-electron chi connectivity index (χ3n) is 2.47. The summed E-state index contributed by atoms with van der Waals surface area (Å²) in [6, 6.07) is 3.67. The van der Waals surface area contributed by atoms with Crippen LogP contribution in [-0.2, 0) is 11.2 Å². The van der Waals surface area contributed by atoms with Gasteiger partial charge in [0.1, 0.15) is 5.69 Å². The highest BCUT2D eigenvalue weighted by Crippen LogP contribution is 2.18. The molecule has 0 aliphatic heterocycles. The minimum absolute atomic E-state index is 0.100. The first kappa shape index (κ1) is 12.2. The number of carboxylic acid groups (broad SMARTS) is 1. The Balaban J connectivity index is 2.49. The summed E-state index contributed by atoms with van der Waals surface area (Å²) in [4.78, 5) is 10.6. The SMILES string of the molecule is Cc1c(CC(=O)O)nnn1-c1cccc(F)c1F. The van der Waals surface area contributed by atoms with Crippen molar-refractivity contribution in [3.63, 3.8) is 0 Å². The Bertz CT molecular complexity index is 610. The summed E-state index contributed by atoms with van der Waals surface area (Å²) >= 11 is 0. The second kappa shape index (κ2) is 4.52. The lowest BCUT2D eigenvalue weighted by atomic mass is 10.2. The summed E-state index contributed by atoms with van der Waals surface area (Å²) in [6.45, 7) is 1.54. The van der Waals surface area contributed by atoms with E-state index in [9.17, 15) is 13.6 Å². The van der Waals surface area contributed by atoms with Crippen LogP contribution in [0.4, 0.5) is 8.78 Å². The van der Waals surface area contributed by atoms with Gasteiger partial charge in [-0.15, -0.1) is 5.10 Å². The highest BCUT2D eigenvalue weighted by Gasteiger charge is 2.16. The lowest BCUT2D eigenvalue weighted by Crippen LogP contribution is -2.05. The van der Waals surface area contributed by atoms with Crippen LogP contribution >= 0.6 is 0 Å². The second-order valence-corrected chi connectivity index (χ2v) is 3.68. The van der Waals surface area contributed by atoms with Crippen molar-refractivity contribution in [3.05, 3.63) is 41.2 Å². The topological polar surface area (TPSA) is 68.0 Å². The van der Waals surface area contributed by atoms with E-state index in [1.54, 1.807) is 6.92 Å². The van der Waals surface area contributed by atoms with E-state index in [2.05, 4.69) is 10.3 Å². The monoisotopic (exact) mass is 253 g/mol. The smallest absolute Gasteiger partial charge is 0.309 e. The normalized spacial score (nSPS) is 10.6. The Morgan fingerprint density at radius 2 is 2.17 bits per heavy atom. The van der Waals surface area contributed by atoms with E-state index in [-0.39, 0.29) is 17.8 Å². The first-order valence-corrected chi connectivity index (χ1v) is 5.08. The van der Waals surface area contributed by atoms with Crippen LogP contribution in [0.1, 0.15) is 11.4 Å². The van der Waals surface area contributed by atoms with E-state index in [1.165, 1.54) is 12.1 Å². The highest BCUT2D eigenvalue weighted by molar-refractivity contribution is 5.69. The number of rotatable bonds is 3. The Labute approximate surface area is 101 Å². The van der Waals surface area contributed by atoms with Gasteiger partial charge in [-0.3, -0.25) is 4.79 Å². The zero-order valence-electron chi connectivity index (χ0n) is 9.39. The van der Waals surface area contributed by atoms with E-state index < -0.39 is 17.6 Å². The molecule has 0 bridgehead atoms. The van der Waals surface area contributed by atoms with Crippen LogP contribution in [0.3, 0.4) is 0 Å². The third-order valence-corrected chi connectivity index (χ3v) is 2.47. The Hall–Kier alpha value is -2.31. The number of carboxylic acids is 1. The molecular weight excluding hydrogens is 244 g/mol. The van der Waals surface area contributed by atoms with Gasteiger partial charge in [-0.05, 0) is 19.1 Å². The molecule has 1 heterocycles. The van der Waals surface area contributed by atoms with Crippen molar-refractivity contribution in [2.45, 2.75) is 13.3 Å². The second-order valence-electron chi connectivity index (χ2n) is 3.68. The maximum atomic E-state index is 13.6. The summed E-state index contributed by atoms with van der Waals surface area (Å²) in [7, 11) is 0. The van der Waals surface area contributed by atoms with Crippen molar-refractivity contribution in [2.75, 3.05) is 0 Å². The fourth-order valence-corrected chi connectivity index (χ4v) is 1.55. The van der Waals surface area contributed by atoms with E-state index in [0.29, 0.717) is 5.69 Å². The molecule has 0 unspecified atom stereocenters. The fraction of sp³-hybridized carbons (Fsp3) is 0.182. The molecule has 0 spiro atoms. The number of hydrogen-bond acceptors (Lipinski definition) is 3. The zero-order valence-corrected chi connectivity index (χ0v) is 9.39. The number of halogens is 2. The van der Waals surface area contributed by atoms with Crippen LogP contribution < -0.4 is 0 Å². The predicted molar refractivity (Wildman–Crippen MR) is 57.4 cm³/mol. The van der Waals surface area contributed by atoms with Gasteiger partial charge in [-0.1, -0.05) is 11.3 Å². The van der Waals surface area contributed by atoms with Gasteiger partial charge in [0, 0.05) is 0 Å². The molecule has 0 saturated heterocycles. The Kier molecular flexibility index (Phi) is 3.05. The summed E-state index contributed by atoms with van der Waals surface area (Å²) in [5.41, 5.74) is 0.477. The molecule has 2 rings (SSSR count). The lowest BCUT2D eigenvalue weighted by Gasteiger charge is -2.05. The standard InChI is InChI=1S/C11H9F2N3O2/c1-6-8(5-10(17)18)14-15-16(6)9-4-2-3-7(12)11(9)13/h2-4H,5H2,1H3,(H,17,18). The number of nitrogens with zero attached hydrogens (tertiary/aromatic N) is 3. The first-order valence-electron chi connectivity index (χ1n) is 5.08. The maximum Gasteiger partial charge on any atom is 0.309 e. The van der Waals surface area contributed by atoms with Crippen molar-refractivity contribution in [3.8, 4) is 5.69 Å². The van der Waals surface area contributed by atoms with Crippen LogP contribution in [0.2, 0.25) is 0 Å². The van der Waals surface area contributed by atoms with E-state index in [0.717, 1.165) is 10.7 Å². The van der Waals surface area contributed by atoms with Gasteiger partial charge < -0.3 is 5.11 Å². The molecule has 0 atom stereocenters. The molecule has 7 heteroatoms. The van der Waals surface area contributed by atoms with E-state index >= 15 is 0 Å². The summed E-state index contributed by atoms with van der Waals surface area (Å²) in [6.07, 6.45) is -0.317. The van der Waals surface area contributed by atoms with Crippen molar-refractivity contribution >= 4 is 5.97 Å². The van der Waals surface area contributed by atoms with E-state index in [4.69, 9.17) is 5.11 Å². The summed E-state index contributed by atoms with van der Waals surface area (Å²) < 4.78 is 27.7. The Morgan fingerprint density at radius 3 is 2.83 bits per heavy atom. The summed E-state index contributed by atoms with van der Waals surface area (Å²) in [5.74, 6) is -3.11. The number of carbonyl (C=O) groups is 1. The minimum atomic E-state index is -1.06. The zero-order chi connectivity index (χ0) is 13.3. The molecule has 2 aromatic rings. The Morgan fingerprint density at radius 1 is 1.44 bits per heavy atom. The third kappa shape index (κ3) is 2.06. The predicted octanol–water partition coefficient (Wildman–Crippen LogP) is 1.48. The van der Waals surface area contributed by atoms with Gasteiger partial charge in [0.25, 0.3) is 0 Å². The quantitative estimate of drug-likeness (QED) is 0.899. The van der Waals surface area contributed by atoms with Crippen molar-refractivity contribution in [2.24, 2.45) is 0 Å². The van der Waals surface area contributed by atoms with Crippen LogP contribution in [-0.4, -0.2) is 26.1 Å².